The summed E-state index contributed by atoms with van der Waals surface area (Å²) in [5.41, 5.74) is 5.90. The van der Waals surface area contributed by atoms with Crippen molar-refractivity contribution in [2.24, 2.45) is 11.7 Å². The molecule has 34 heavy (non-hydrogen) atoms. The number of anilines is 1. The number of aromatic nitrogens is 2. The van der Waals surface area contributed by atoms with Crippen LogP contribution in [0.4, 0.5) is 18.9 Å². The van der Waals surface area contributed by atoms with E-state index in [9.17, 15) is 18.0 Å². The summed E-state index contributed by atoms with van der Waals surface area (Å²) in [4.78, 5) is 21.0. The van der Waals surface area contributed by atoms with Gasteiger partial charge in [0.05, 0.1) is 29.7 Å². The maximum Gasteiger partial charge on any atom is 0.274 e. The maximum absolute atomic E-state index is 14.4. The zero-order valence-corrected chi connectivity index (χ0v) is 18.8. The fourth-order valence-electron chi connectivity index (χ4n) is 4.07. The van der Waals surface area contributed by atoms with Gasteiger partial charge >= 0.3 is 0 Å². The van der Waals surface area contributed by atoms with E-state index in [1.807, 2.05) is 0 Å². The van der Waals surface area contributed by atoms with E-state index in [1.54, 1.807) is 12.3 Å². The average Bonchev–Trinajstić information content (AvgIpc) is 2.80. The summed E-state index contributed by atoms with van der Waals surface area (Å²) in [6.45, 7) is 4.12. The van der Waals surface area contributed by atoms with Crippen molar-refractivity contribution in [1.82, 2.24) is 9.97 Å². The smallest absolute Gasteiger partial charge is 0.274 e. The third kappa shape index (κ3) is 4.95. The van der Waals surface area contributed by atoms with E-state index >= 15 is 0 Å². The zero-order chi connectivity index (χ0) is 24.4. The number of rotatable bonds is 5. The lowest BCUT2D eigenvalue weighted by Crippen LogP contribution is -2.39. The first kappa shape index (κ1) is 23.8. The molecule has 1 saturated heterocycles. The molecule has 1 aliphatic heterocycles. The molecule has 9 heteroatoms. The van der Waals surface area contributed by atoms with Gasteiger partial charge in [-0.1, -0.05) is 19.9 Å². The van der Waals surface area contributed by atoms with E-state index in [0.29, 0.717) is 17.7 Å². The number of amides is 1. The lowest BCUT2D eigenvalue weighted by molar-refractivity contribution is -0.0787. The van der Waals surface area contributed by atoms with Gasteiger partial charge < -0.3 is 15.8 Å². The monoisotopic (exact) mass is 470 g/mol. The second kappa shape index (κ2) is 9.90. The highest BCUT2D eigenvalue weighted by atomic mass is 19.1. The molecule has 0 spiro atoms. The van der Waals surface area contributed by atoms with Crippen LogP contribution < -0.4 is 11.1 Å². The van der Waals surface area contributed by atoms with Gasteiger partial charge in [0.15, 0.2) is 0 Å². The highest BCUT2D eigenvalue weighted by Gasteiger charge is 2.32. The summed E-state index contributed by atoms with van der Waals surface area (Å²) in [6, 6.07) is 6.93. The van der Waals surface area contributed by atoms with Crippen LogP contribution in [0.3, 0.4) is 0 Å². The summed E-state index contributed by atoms with van der Waals surface area (Å²) in [7, 11) is 0. The number of nitrogens with one attached hydrogen (secondary N) is 1. The Bertz CT molecular complexity index is 1180. The topological polar surface area (TPSA) is 90.1 Å². The highest BCUT2D eigenvalue weighted by molar-refractivity contribution is 6.03. The van der Waals surface area contributed by atoms with Crippen molar-refractivity contribution in [2.75, 3.05) is 5.32 Å². The van der Waals surface area contributed by atoms with Gasteiger partial charge in [0.1, 0.15) is 28.8 Å². The minimum absolute atomic E-state index is 0.0255. The Kier molecular flexibility index (Phi) is 6.95. The number of hydrogen-bond donors (Lipinski definition) is 2. The van der Waals surface area contributed by atoms with E-state index < -0.39 is 34.6 Å². The summed E-state index contributed by atoms with van der Waals surface area (Å²) in [5.74, 6) is -3.33. The van der Waals surface area contributed by atoms with E-state index in [-0.39, 0.29) is 29.9 Å². The van der Waals surface area contributed by atoms with Crippen LogP contribution in [0.1, 0.15) is 48.8 Å². The number of carbonyl (C=O) groups excluding carboxylic acids is 1. The van der Waals surface area contributed by atoms with E-state index in [1.165, 1.54) is 6.20 Å². The standard InChI is InChI=1S/C25H25F3N4O2/c1-13(2)21-10-14(29)11-22(34-21)15-8-9-30-12-20(15)32-25(33)19-7-6-18(28)24(31-19)23-16(26)4-3-5-17(23)27/h3-9,12-14,21-22H,10-11,29H2,1-2H3,(H,32,33)/t14-,21-,22+/m1/s1. The largest absolute Gasteiger partial charge is 0.370 e. The van der Waals surface area contributed by atoms with Gasteiger partial charge in [0.25, 0.3) is 5.91 Å². The lowest BCUT2D eigenvalue weighted by atomic mass is 9.90. The molecule has 1 aromatic carbocycles. The average molecular weight is 470 g/mol. The van der Waals surface area contributed by atoms with Crippen LogP contribution >= 0.6 is 0 Å². The zero-order valence-electron chi connectivity index (χ0n) is 18.8. The van der Waals surface area contributed by atoms with Crippen LogP contribution in [0.15, 0.2) is 48.8 Å². The minimum atomic E-state index is -0.982. The number of ether oxygens (including phenoxy) is 1. The first-order valence-electron chi connectivity index (χ1n) is 11.0. The number of pyridine rings is 2. The van der Waals surface area contributed by atoms with Crippen LogP contribution in [0.5, 0.6) is 0 Å². The van der Waals surface area contributed by atoms with Crippen molar-refractivity contribution < 1.29 is 22.7 Å². The van der Waals surface area contributed by atoms with Gasteiger partial charge in [0, 0.05) is 17.8 Å². The van der Waals surface area contributed by atoms with Crippen molar-refractivity contribution in [1.29, 1.82) is 0 Å². The Morgan fingerprint density at radius 1 is 1.09 bits per heavy atom. The molecule has 0 saturated carbocycles. The van der Waals surface area contributed by atoms with Crippen molar-refractivity contribution in [3.63, 3.8) is 0 Å². The number of hydrogen-bond acceptors (Lipinski definition) is 5. The van der Waals surface area contributed by atoms with Crippen LogP contribution in [0, 0.1) is 23.4 Å². The van der Waals surface area contributed by atoms with Crippen LogP contribution in [-0.4, -0.2) is 28.0 Å². The number of benzene rings is 1. The fraction of sp³-hybridized carbons (Fsp3) is 0.320. The van der Waals surface area contributed by atoms with Gasteiger partial charge in [-0.05, 0) is 49.1 Å². The van der Waals surface area contributed by atoms with Gasteiger partial charge in [-0.3, -0.25) is 9.78 Å². The Morgan fingerprint density at radius 2 is 1.82 bits per heavy atom. The molecule has 178 valence electrons. The van der Waals surface area contributed by atoms with Crippen molar-refractivity contribution >= 4 is 11.6 Å². The molecule has 1 aliphatic rings. The summed E-state index contributed by atoms with van der Waals surface area (Å²) in [5, 5.41) is 2.72. The van der Waals surface area contributed by atoms with Gasteiger partial charge in [0.2, 0.25) is 0 Å². The summed E-state index contributed by atoms with van der Waals surface area (Å²) in [6.07, 6.45) is 4.01. The number of nitrogens with two attached hydrogens (primary N) is 1. The molecular formula is C25H25F3N4O2. The highest BCUT2D eigenvalue weighted by Crippen LogP contribution is 2.36. The Hall–Kier alpha value is -3.30. The van der Waals surface area contributed by atoms with E-state index in [4.69, 9.17) is 10.5 Å². The molecule has 6 nitrogen and oxygen atoms in total. The molecule has 1 fully saturated rings. The Morgan fingerprint density at radius 3 is 2.53 bits per heavy atom. The Labute approximate surface area is 195 Å². The fourth-order valence-corrected chi connectivity index (χ4v) is 4.07. The second-order valence-electron chi connectivity index (χ2n) is 8.68. The van der Waals surface area contributed by atoms with Gasteiger partial charge in [-0.25, -0.2) is 18.2 Å². The molecule has 3 heterocycles. The van der Waals surface area contributed by atoms with Crippen molar-refractivity contribution in [2.45, 2.75) is 44.9 Å². The molecule has 2 aromatic heterocycles. The third-order valence-corrected chi connectivity index (χ3v) is 5.86. The van der Waals surface area contributed by atoms with Crippen LogP contribution in [0.2, 0.25) is 0 Å². The Balaban J connectivity index is 1.63. The molecule has 4 rings (SSSR count). The predicted octanol–water partition coefficient (Wildman–Crippen LogP) is 5.02. The van der Waals surface area contributed by atoms with Crippen LogP contribution in [-0.2, 0) is 4.74 Å². The first-order chi connectivity index (χ1) is 16.2. The molecule has 0 bridgehead atoms. The molecule has 3 N–H and O–H groups in total. The SMILES string of the molecule is CC(C)[C@H]1C[C@@H](N)C[C@@H](c2ccncc2NC(=O)c2ccc(F)c(-c3c(F)cccc3F)n2)O1. The number of nitrogens with zero attached hydrogens (tertiary/aromatic N) is 2. The van der Waals surface area contributed by atoms with Gasteiger partial charge in [-0.2, -0.15) is 0 Å². The molecule has 3 aromatic rings. The lowest BCUT2D eigenvalue weighted by Gasteiger charge is -2.36. The van der Waals surface area contributed by atoms with Crippen molar-refractivity contribution in [3.05, 3.63) is 77.5 Å². The normalized spacial score (nSPS) is 20.4. The second-order valence-corrected chi connectivity index (χ2v) is 8.68. The minimum Gasteiger partial charge on any atom is -0.370 e. The summed E-state index contributed by atoms with van der Waals surface area (Å²) < 4.78 is 49.0. The van der Waals surface area contributed by atoms with Crippen LogP contribution in [0.25, 0.3) is 11.3 Å². The predicted molar refractivity (Wildman–Crippen MR) is 121 cm³/mol. The molecular weight excluding hydrogens is 445 g/mol. The third-order valence-electron chi connectivity index (χ3n) is 5.86. The van der Waals surface area contributed by atoms with Gasteiger partial charge in [-0.15, -0.1) is 0 Å². The first-order valence-corrected chi connectivity index (χ1v) is 11.0. The van der Waals surface area contributed by atoms with E-state index in [2.05, 4.69) is 29.1 Å². The molecule has 1 amide bonds. The quantitative estimate of drug-likeness (QED) is 0.547. The number of halogens is 3. The number of carbonyl (C=O) groups is 1. The molecule has 0 aliphatic carbocycles. The molecule has 0 unspecified atom stereocenters. The summed E-state index contributed by atoms with van der Waals surface area (Å²) >= 11 is 0. The molecule has 3 atom stereocenters. The molecule has 0 radical (unpaired) electrons. The maximum atomic E-state index is 14.4. The van der Waals surface area contributed by atoms with E-state index in [0.717, 1.165) is 36.8 Å². The van der Waals surface area contributed by atoms with Crippen molar-refractivity contribution in [3.8, 4) is 11.3 Å².